The van der Waals surface area contributed by atoms with Gasteiger partial charge in [0, 0.05) is 0 Å². The number of hydrogen-bond acceptors (Lipinski definition) is 3. The van der Waals surface area contributed by atoms with Crippen molar-refractivity contribution in [2.75, 3.05) is 0 Å². The first-order chi connectivity index (χ1) is 6.57. The molecule has 14 heavy (non-hydrogen) atoms. The number of hydrogen-bond donors (Lipinski definition) is 2. The zero-order valence-electron chi connectivity index (χ0n) is 7.45. The van der Waals surface area contributed by atoms with E-state index < -0.39 is 17.4 Å². The van der Waals surface area contributed by atoms with Crippen molar-refractivity contribution in [1.82, 2.24) is 9.97 Å². The fourth-order valence-electron chi connectivity index (χ4n) is 1.12. The highest BCUT2D eigenvalue weighted by Gasteiger charge is 2.22. The highest BCUT2D eigenvalue weighted by atomic mass is 35.5. The molecule has 1 unspecified atom stereocenters. The molecular weight excluding hydrogens is 208 g/mol. The van der Waals surface area contributed by atoms with Crippen LogP contribution >= 0.6 is 11.6 Å². The minimum atomic E-state index is -1.03. The number of halogens is 1. The largest absolute Gasteiger partial charge is 0.481 e. The average Bonchev–Trinajstić information content (AvgIpc) is 2.13. The van der Waals surface area contributed by atoms with E-state index in [0.29, 0.717) is 6.42 Å². The summed E-state index contributed by atoms with van der Waals surface area (Å²) in [5.74, 6) is -1.86. The molecule has 0 saturated carbocycles. The van der Waals surface area contributed by atoms with Crippen LogP contribution in [-0.2, 0) is 4.79 Å². The minimum Gasteiger partial charge on any atom is -0.481 e. The van der Waals surface area contributed by atoms with Gasteiger partial charge in [0.25, 0.3) is 5.56 Å². The average molecular weight is 217 g/mol. The minimum absolute atomic E-state index is 0.116. The number of aromatic amines is 1. The summed E-state index contributed by atoms with van der Waals surface area (Å²) in [7, 11) is 0. The number of nitrogens with zero attached hydrogens (tertiary/aromatic N) is 1. The van der Waals surface area contributed by atoms with Gasteiger partial charge in [-0.25, -0.2) is 4.98 Å². The lowest BCUT2D eigenvalue weighted by Crippen LogP contribution is -2.18. The van der Waals surface area contributed by atoms with Crippen molar-refractivity contribution < 1.29 is 9.90 Å². The van der Waals surface area contributed by atoms with Gasteiger partial charge in [-0.2, -0.15) is 0 Å². The molecule has 1 aromatic rings. The van der Waals surface area contributed by atoms with Gasteiger partial charge < -0.3 is 10.1 Å². The first-order valence-corrected chi connectivity index (χ1v) is 4.41. The van der Waals surface area contributed by atoms with E-state index in [9.17, 15) is 9.59 Å². The van der Waals surface area contributed by atoms with Crippen molar-refractivity contribution in [2.45, 2.75) is 19.3 Å². The van der Waals surface area contributed by atoms with E-state index >= 15 is 0 Å². The molecule has 0 amide bonds. The van der Waals surface area contributed by atoms with Gasteiger partial charge in [-0.15, -0.1) is 0 Å². The molecule has 6 heteroatoms. The molecule has 0 saturated heterocycles. The van der Waals surface area contributed by atoms with Crippen LogP contribution in [0.5, 0.6) is 0 Å². The lowest BCUT2D eigenvalue weighted by atomic mass is 10.0. The zero-order valence-corrected chi connectivity index (χ0v) is 8.21. The van der Waals surface area contributed by atoms with E-state index in [-0.39, 0.29) is 10.7 Å². The molecule has 0 spiro atoms. The van der Waals surface area contributed by atoms with E-state index in [0.717, 1.165) is 6.33 Å². The Bertz CT molecular complexity index is 402. The Morgan fingerprint density at radius 3 is 2.93 bits per heavy atom. The lowest BCUT2D eigenvalue weighted by Gasteiger charge is -2.09. The molecule has 2 N–H and O–H groups in total. The summed E-state index contributed by atoms with van der Waals surface area (Å²) < 4.78 is 0. The molecule has 0 fully saturated rings. The van der Waals surface area contributed by atoms with Crippen LogP contribution in [0.1, 0.15) is 25.0 Å². The van der Waals surface area contributed by atoms with Gasteiger partial charge in [0.15, 0.2) is 0 Å². The summed E-state index contributed by atoms with van der Waals surface area (Å²) in [5, 5.41) is 8.68. The molecule has 0 bridgehead atoms. The molecule has 0 radical (unpaired) electrons. The normalized spacial score (nSPS) is 12.4. The van der Waals surface area contributed by atoms with Crippen LogP contribution in [0.2, 0.25) is 5.02 Å². The van der Waals surface area contributed by atoms with Crippen molar-refractivity contribution in [3.05, 3.63) is 27.4 Å². The van der Waals surface area contributed by atoms with E-state index in [1.165, 1.54) is 0 Å². The third-order valence-corrected chi connectivity index (χ3v) is 2.23. The van der Waals surface area contributed by atoms with E-state index in [2.05, 4.69) is 9.97 Å². The fourth-order valence-corrected chi connectivity index (χ4v) is 1.36. The van der Waals surface area contributed by atoms with Crippen LogP contribution < -0.4 is 5.56 Å². The number of carboxylic acids is 1. The van der Waals surface area contributed by atoms with E-state index in [4.69, 9.17) is 16.7 Å². The van der Waals surface area contributed by atoms with Gasteiger partial charge in [0.2, 0.25) is 0 Å². The van der Waals surface area contributed by atoms with Gasteiger partial charge in [0.1, 0.15) is 10.9 Å². The Morgan fingerprint density at radius 1 is 1.79 bits per heavy atom. The molecule has 76 valence electrons. The molecule has 0 aliphatic heterocycles. The Kier molecular flexibility index (Phi) is 3.24. The van der Waals surface area contributed by atoms with E-state index in [1.807, 2.05) is 0 Å². The first kappa shape index (κ1) is 10.7. The van der Waals surface area contributed by atoms with Crippen molar-refractivity contribution in [3.63, 3.8) is 0 Å². The number of aliphatic carboxylic acids is 1. The molecule has 1 atom stereocenters. The maximum absolute atomic E-state index is 11.1. The highest BCUT2D eigenvalue weighted by Crippen LogP contribution is 2.21. The Labute approximate surface area is 84.8 Å². The lowest BCUT2D eigenvalue weighted by molar-refractivity contribution is -0.138. The van der Waals surface area contributed by atoms with Crippen LogP contribution in [0.15, 0.2) is 11.1 Å². The summed E-state index contributed by atoms with van der Waals surface area (Å²) in [6.45, 7) is 1.69. The van der Waals surface area contributed by atoms with Crippen LogP contribution in [-0.4, -0.2) is 21.0 Å². The third kappa shape index (κ3) is 1.93. The van der Waals surface area contributed by atoms with Crippen molar-refractivity contribution >= 4 is 17.6 Å². The van der Waals surface area contributed by atoms with Gasteiger partial charge in [-0.05, 0) is 6.42 Å². The van der Waals surface area contributed by atoms with Gasteiger partial charge >= 0.3 is 5.97 Å². The molecule has 0 aliphatic rings. The Morgan fingerprint density at radius 2 is 2.43 bits per heavy atom. The predicted octanol–water partition coefficient (Wildman–Crippen LogP) is 1.00. The standard InChI is InChI=1S/C8H9ClN2O3/c1-2-4(8(13)14)6-5(9)7(12)11-3-10-6/h3-4H,2H2,1H3,(H,13,14)(H,10,11,12). The van der Waals surface area contributed by atoms with Crippen LogP contribution in [0.3, 0.4) is 0 Å². The summed E-state index contributed by atoms with van der Waals surface area (Å²) in [4.78, 5) is 27.9. The fraction of sp³-hybridized carbons (Fsp3) is 0.375. The Hall–Kier alpha value is -1.36. The predicted molar refractivity (Wildman–Crippen MR) is 50.5 cm³/mol. The smallest absolute Gasteiger partial charge is 0.312 e. The zero-order chi connectivity index (χ0) is 10.7. The quantitative estimate of drug-likeness (QED) is 0.790. The monoisotopic (exact) mass is 216 g/mol. The molecular formula is C8H9ClN2O3. The molecule has 1 heterocycles. The molecule has 0 aliphatic carbocycles. The van der Waals surface area contributed by atoms with Crippen LogP contribution in [0.4, 0.5) is 0 Å². The van der Waals surface area contributed by atoms with Crippen molar-refractivity contribution in [2.24, 2.45) is 0 Å². The van der Waals surface area contributed by atoms with Crippen molar-refractivity contribution in [1.29, 1.82) is 0 Å². The second kappa shape index (κ2) is 4.23. The highest BCUT2D eigenvalue weighted by molar-refractivity contribution is 6.31. The second-order valence-electron chi connectivity index (χ2n) is 2.73. The van der Waals surface area contributed by atoms with Crippen molar-refractivity contribution in [3.8, 4) is 0 Å². The summed E-state index contributed by atoms with van der Waals surface area (Å²) in [5.41, 5.74) is -0.401. The number of aromatic nitrogens is 2. The van der Waals surface area contributed by atoms with Gasteiger partial charge in [-0.1, -0.05) is 18.5 Å². The van der Waals surface area contributed by atoms with Crippen LogP contribution in [0, 0.1) is 0 Å². The van der Waals surface area contributed by atoms with Gasteiger partial charge in [0.05, 0.1) is 12.0 Å². The number of rotatable bonds is 3. The first-order valence-electron chi connectivity index (χ1n) is 4.03. The second-order valence-corrected chi connectivity index (χ2v) is 3.11. The Balaban J connectivity index is 3.23. The maximum atomic E-state index is 11.1. The summed E-state index contributed by atoms with van der Waals surface area (Å²) >= 11 is 5.64. The van der Waals surface area contributed by atoms with Gasteiger partial charge in [-0.3, -0.25) is 9.59 Å². The topological polar surface area (TPSA) is 83.0 Å². The van der Waals surface area contributed by atoms with Crippen LogP contribution in [0.25, 0.3) is 0 Å². The number of carbonyl (C=O) groups is 1. The summed E-state index contributed by atoms with van der Waals surface area (Å²) in [6, 6.07) is 0. The molecule has 5 nitrogen and oxygen atoms in total. The number of carboxylic acid groups (broad SMARTS) is 1. The molecule has 0 aromatic carbocycles. The van der Waals surface area contributed by atoms with E-state index in [1.54, 1.807) is 6.92 Å². The number of nitrogens with one attached hydrogen (secondary N) is 1. The maximum Gasteiger partial charge on any atom is 0.312 e. The number of H-pyrrole nitrogens is 1. The summed E-state index contributed by atoms with van der Waals surface area (Å²) in [6.07, 6.45) is 1.49. The molecule has 1 rings (SSSR count). The third-order valence-electron chi connectivity index (χ3n) is 1.86. The molecule has 1 aromatic heterocycles. The SMILES string of the molecule is CCC(C(=O)O)c1nc[nH]c(=O)c1Cl.